The number of carbonyl (C=O) groups is 1. The van der Waals surface area contributed by atoms with Crippen LogP contribution in [0.4, 0.5) is 5.69 Å². The molecule has 2 saturated carbocycles. The monoisotopic (exact) mass is 270 g/mol. The molecule has 0 saturated heterocycles. The quantitative estimate of drug-likeness (QED) is 0.867. The molecule has 2 bridgehead atoms. The van der Waals surface area contributed by atoms with Crippen molar-refractivity contribution in [1.29, 1.82) is 0 Å². The van der Waals surface area contributed by atoms with Crippen LogP contribution in [0.3, 0.4) is 0 Å². The van der Waals surface area contributed by atoms with E-state index in [4.69, 9.17) is 0 Å². The van der Waals surface area contributed by atoms with Crippen LogP contribution in [0.1, 0.15) is 36.8 Å². The number of nitrogens with one attached hydrogen (secondary N) is 2. The third-order valence-electron chi connectivity index (χ3n) is 5.48. The van der Waals surface area contributed by atoms with Crippen LogP contribution in [0.5, 0.6) is 0 Å². The Morgan fingerprint density at radius 3 is 3.00 bits per heavy atom. The highest BCUT2D eigenvalue weighted by atomic mass is 16.1. The predicted molar refractivity (Wildman–Crippen MR) is 79.4 cm³/mol. The highest BCUT2D eigenvalue weighted by Gasteiger charge is 2.43. The lowest BCUT2D eigenvalue weighted by molar-refractivity contribution is -0.121. The Labute approximate surface area is 120 Å². The summed E-state index contributed by atoms with van der Waals surface area (Å²) in [5.41, 5.74) is 3.70. The molecule has 20 heavy (non-hydrogen) atoms. The molecule has 3 aliphatic rings. The van der Waals surface area contributed by atoms with Gasteiger partial charge in [-0.2, -0.15) is 0 Å². The van der Waals surface area contributed by atoms with Crippen molar-refractivity contribution >= 4 is 11.6 Å². The van der Waals surface area contributed by atoms with Crippen LogP contribution in [-0.2, 0) is 17.8 Å². The fraction of sp³-hybridized carbons (Fsp3) is 0.588. The molecular formula is C17H22N2O. The van der Waals surface area contributed by atoms with Crippen molar-refractivity contribution in [2.75, 3.05) is 11.9 Å². The average Bonchev–Trinajstić information content (AvgIpc) is 3.10. The number of benzene rings is 1. The largest absolute Gasteiger partial charge is 0.326 e. The molecule has 4 rings (SSSR count). The second-order valence-corrected chi connectivity index (χ2v) is 6.64. The molecule has 2 aliphatic carbocycles. The van der Waals surface area contributed by atoms with E-state index >= 15 is 0 Å². The fourth-order valence-electron chi connectivity index (χ4n) is 4.42. The molecule has 1 aromatic carbocycles. The third kappa shape index (κ3) is 2.05. The Hall–Kier alpha value is -1.35. The Kier molecular flexibility index (Phi) is 3.03. The number of anilines is 1. The van der Waals surface area contributed by atoms with E-state index in [0.29, 0.717) is 5.92 Å². The molecule has 0 spiro atoms. The molecule has 2 N–H and O–H groups in total. The van der Waals surface area contributed by atoms with Gasteiger partial charge in [0.2, 0.25) is 5.91 Å². The number of amides is 1. The molecule has 3 heteroatoms. The summed E-state index contributed by atoms with van der Waals surface area (Å²) >= 11 is 0. The van der Waals surface area contributed by atoms with Crippen LogP contribution in [0, 0.1) is 17.8 Å². The summed E-state index contributed by atoms with van der Waals surface area (Å²) in [6, 6.07) is 6.31. The zero-order valence-corrected chi connectivity index (χ0v) is 11.8. The van der Waals surface area contributed by atoms with Gasteiger partial charge in [-0.3, -0.25) is 4.79 Å². The summed E-state index contributed by atoms with van der Waals surface area (Å²) in [5.74, 6) is 2.00. The van der Waals surface area contributed by atoms with E-state index in [9.17, 15) is 4.79 Å². The number of carbonyl (C=O) groups excluding carboxylic acids is 1. The maximum Gasteiger partial charge on any atom is 0.227 e. The molecule has 1 heterocycles. The van der Waals surface area contributed by atoms with Gasteiger partial charge in [0, 0.05) is 18.2 Å². The van der Waals surface area contributed by atoms with Crippen molar-refractivity contribution in [3.05, 3.63) is 29.3 Å². The summed E-state index contributed by atoms with van der Waals surface area (Å²) in [6.07, 6.45) is 6.07. The zero-order valence-electron chi connectivity index (χ0n) is 11.8. The average molecular weight is 270 g/mol. The number of hydrogen-bond acceptors (Lipinski definition) is 2. The SMILES string of the molecule is O=C(Nc1cccc2c1CNCC2)C1CC2CCC1C2. The first-order valence-corrected chi connectivity index (χ1v) is 7.93. The first-order valence-electron chi connectivity index (χ1n) is 7.93. The summed E-state index contributed by atoms with van der Waals surface area (Å²) in [6.45, 7) is 1.92. The minimum atomic E-state index is 0.260. The van der Waals surface area contributed by atoms with Crippen LogP contribution in [-0.4, -0.2) is 12.5 Å². The van der Waals surface area contributed by atoms with E-state index in [1.54, 1.807) is 0 Å². The molecular weight excluding hydrogens is 248 g/mol. The van der Waals surface area contributed by atoms with E-state index in [-0.39, 0.29) is 11.8 Å². The lowest BCUT2D eigenvalue weighted by Crippen LogP contribution is -2.29. The van der Waals surface area contributed by atoms with E-state index < -0.39 is 0 Å². The lowest BCUT2D eigenvalue weighted by Gasteiger charge is -2.24. The van der Waals surface area contributed by atoms with Crippen molar-refractivity contribution in [3.63, 3.8) is 0 Å². The van der Waals surface area contributed by atoms with Gasteiger partial charge in [0.05, 0.1) is 0 Å². The van der Waals surface area contributed by atoms with Gasteiger partial charge in [-0.1, -0.05) is 18.6 Å². The Morgan fingerprint density at radius 1 is 1.25 bits per heavy atom. The second-order valence-electron chi connectivity index (χ2n) is 6.64. The highest BCUT2D eigenvalue weighted by Crippen LogP contribution is 2.48. The number of rotatable bonds is 2. The minimum absolute atomic E-state index is 0.260. The Balaban J connectivity index is 1.53. The molecule has 0 aromatic heterocycles. The first kappa shape index (κ1) is 12.4. The Morgan fingerprint density at radius 2 is 2.20 bits per heavy atom. The van der Waals surface area contributed by atoms with Gasteiger partial charge in [-0.25, -0.2) is 0 Å². The number of fused-ring (bicyclic) bond motifs is 3. The summed E-state index contributed by atoms with van der Waals surface area (Å²) in [5, 5.41) is 6.62. The molecule has 106 valence electrons. The van der Waals surface area contributed by atoms with Crippen molar-refractivity contribution < 1.29 is 4.79 Å². The summed E-state index contributed by atoms with van der Waals surface area (Å²) < 4.78 is 0. The van der Waals surface area contributed by atoms with Crippen molar-refractivity contribution in [2.24, 2.45) is 17.8 Å². The van der Waals surface area contributed by atoms with Crippen LogP contribution >= 0.6 is 0 Å². The van der Waals surface area contributed by atoms with Gasteiger partial charge in [0.15, 0.2) is 0 Å². The van der Waals surface area contributed by atoms with Crippen LogP contribution in [0.15, 0.2) is 18.2 Å². The topological polar surface area (TPSA) is 41.1 Å². The van der Waals surface area contributed by atoms with Crippen molar-refractivity contribution in [3.8, 4) is 0 Å². The minimum Gasteiger partial charge on any atom is -0.326 e. The van der Waals surface area contributed by atoms with Gasteiger partial charge in [0.1, 0.15) is 0 Å². The summed E-state index contributed by atoms with van der Waals surface area (Å²) in [4.78, 5) is 12.6. The van der Waals surface area contributed by atoms with E-state index in [0.717, 1.165) is 37.5 Å². The van der Waals surface area contributed by atoms with Gasteiger partial charge < -0.3 is 10.6 Å². The second kappa shape index (κ2) is 4.88. The van der Waals surface area contributed by atoms with Crippen LogP contribution < -0.4 is 10.6 Å². The van der Waals surface area contributed by atoms with Crippen molar-refractivity contribution in [2.45, 2.75) is 38.6 Å². The predicted octanol–water partition coefficient (Wildman–Crippen LogP) is 2.71. The maximum absolute atomic E-state index is 12.6. The number of hydrogen-bond donors (Lipinski definition) is 2. The first-order chi connectivity index (χ1) is 9.81. The summed E-state index contributed by atoms with van der Waals surface area (Å²) in [7, 11) is 0. The molecule has 2 fully saturated rings. The molecule has 1 amide bonds. The highest BCUT2D eigenvalue weighted by molar-refractivity contribution is 5.94. The third-order valence-corrected chi connectivity index (χ3v) is 5.48. The van der Waals surface area contributed by atoms with Gasteiger partial charge in [-0.05, 0) is 61.3 Å². The smallest absolute Gasteiger partial charge is 0.227 e. The van der Waals surface area contributed by atoms with E-state index in [1.165, 1.54) is 30.4 Å². The molecule has 3 nitrogen and oxygen atoms in total. The van der Waals surface area contributed by atoms with Crippen molar-refractivity contribution in [1.82, 2.24) is 5.32 Å². The van der Waals surface area contributed by atoms with E-state index in [1.807, 2.05) is 0 Å². The molecule has 3 unspecified atom stereocenters. The Bertz CT molecular complexity index is 540. The zero-order chi connectivity index (χ0) is 13.5. The normalized spacial score (nSPS) is 31.1. The molecule has 3 atom stereocenters. The maximum atomic E-state index is 12.6. The van der Waals surface area contributed by atoms with Gasteiger partial charge in [0.25, 0.3) is 0 Å². The molecule has 1 aromatic rings. The van der Waals surface area contributed by atoms with Gasteiger partial charge in [-0.15, -0.1) is 0 Å². The van der Waals surface area contributed by atoms with Crippen LogP contribution in [0.2, 0.25) is 0 Å². The van der Waals surface area contributed by atoms with E-state index in [2.05, 4.69) is 28.8 Å². The van der Waals surface area contributed by atoms with Gasteiger partial charge >= 0.3 is 0 Å². The molecule has 0 radical (unpaired) electrons. The van der Waals surface area contributed by atoms with Crippen LogP contribution in [0.25, 0.3) is 0 Å². The molecule has 1 aliphatic heterocycles. The fourth-order valence-corrected chi connectivity index (χ4v) is 4.42. The standard InChI is InChI=1S/C17H22N2O/c20-17(14-9-11-4-5-13(14)8-11)19-16-3-1-2-12-6-7-18-10-15(12)16/h1-3,11,13-14,18H,4-10H2,(H,19,20). The lowest BCUT2D eigenvalue weighted by atomic mass is 9.88.